The maximum Gasteiger partial charge on any atom is 0.136 e. The fraction of sp³-hybridized carbons (Fsp3) is 0.625. The van der Waals surface area contributed by atoms with Crippen molar-refractivity contribution in [2.45, 2.75) is 57.7 Å². The molecule has 2 N–H and O–H groups in total. The lowest BCUT2D eigenvalue weighted by atomic mass is 9.84. The molecule has 0 saturated heterocycles. The number of benzene rings is 1. The molecule has 0 spiro atoms. The van der Waals surface area contributed by atoms with Gasteiger partial charge in [0, 0.05) is 16.8 Å². The van der Waals surface area contributed by atoms with E-state index in [9.17, 15) is 9.66 Å². The van der Waals surface area contributed by atoms with Crippen molar-refractivity contribution >= 4 is 11.4 Å². The standard InChI is InChI=1S/C16H27NO2S/c1-12(17-20(19)15(2,3)4)13-8-7-9-14(10-13)16(5,6)11-18/h7-10,12,17-18H,11H2,1-6H3/t12-,20?/m0/s1. The summed E-state index contributed by atoms with van der Waals surface area (Å²) in [5.74, 6) is 0. The topological polar surface area (TPSA) is 55.3 Å². The van der Waals surface area contributed by atoms with Gasteiger partial charge in [-0.3, -0.25) is 0 Å². The first-order chi connectivity index (χ1) is 9.08. The molecule has 0 heterocycles. The van der Waals surface area contributed by atoms with Crippen molar-refractivity contribution in [1.82, 2.24) is 4.72 Å². The predicted octanol–water partition coefficient (Wildman–Crippen LogP) is 3.07. The smallest absolute Gasteiger partial charge is 0.136 e. The summed E-state index contributed by atoms with van der Waals surface area (Å²) in [4.78, 5) is 0. The molecule has 1 rings (SSSR count). The second-order valence-electron chi connectivity index (χ2n) is 6.89. The van der Waals surface area contributed by atoms with Crippen LogP contribution in [-0.2, 0) is 16.8 Å². The van der Waals surface area contributed by atoms with Crippen LogP contribution in [-0.4, -0.2) is 21.0 Å². The van der Waals surface area contributed by atoms with Gasteiger partial charge in [0.25, 0.3) is 0 Å². The molecule has 1 aromatic rings. The molecule has 0 radical (unpaired) electrons. The molecule has 4 heteroatoms. The van der Waals surface area contributed by atoms with Gasteiger partial charge in [-0.25, -0.2) is 0 Å². The highest BCUT2D eigenvalue weighted by Crippen LogP contribution is 2.26. The van der Waals surface area contributed by atoms with E-state index < -0.39 is 11.4 Å². The van der Waals surface area contributed by atoms with Crippen molar-refractivity contribution < 1.29 is 9.66 Å². The van der Waals surface area contributed by atoms with Crippen molar-refractivity contribution in [3.63, 3.8) is 0 Å². The summed E-state index contributed by atoms with van der Waals surface area (Å²) in [6, 6.07) is 8.11. The van der Waals surface area contributed by atoms with Crippen molar-refractivity contribution in [2.24, 2.45) is 0 Å². The molecule has 0 bridgehead atoms. The van der Waals surface area contributed by atoms with Gasteiger partial charge in [-0.2, -0.15) is 0 Å². The molecule has 0 amide bonds. The van der Waals surface area contributed by atoms with E-state index in [0.717, 1.165) is 11.1 Å². The normalized spacial score (nSPS) is 16.0. The zero-order chi connectivity index (χ0) is 15.6. The first-order valence-electron chi connectivity index (χ1n) is 6.97. The van der Waals surface area contributed by atoms with E-state index in [0.29, 0.717) is 0 Å². The Labute approximate surface area is 126 Å². The molecule has 0 aliphatic rings. The largest absolute Gasteiger partial charge is 0.598 e. The van der Waals surface area contributed by atoms with Gasteiger partial charge in [0.15, 0.2) is 0 Å². The fourth-order valence-corrected chi connectivity index (χ4v) is 2.54. The fourth-order valence-electron chi connectivity index (χ4n) is 1.73. The maximum absolute atomic E-state index is 12.1. The third-order valence-electron chi connectivity index (χ3n) is 3.40. The molecule has 0 aliphatic heterocycles. The quantitative estimate of drug-likeness (QED) is 0.821. The second-order valence-corrected chi connectivity index (χ2v) is 8.89. The van der Waals surface area contributed by atoms with Gasteiger partial charge in [0.2, 0.25) is 0 Å². The van der Waals surface area contributed by atoms with Crippen molar-refractivity contribution in [1.29, 1.82) is 0 Å². The number of rotatable bonds is 5. The van der Waals surface area contributed by atoms with Crippen molar-refractivity contribution in [3.8, 4) is 0 Å². The van der Waals surface area contributed by atoms with Crippen LogP contribution in [0, 0.1) is 0 Å². The summed E-state index contributed by atoms with van der Waals surface area (Å²) in [7, 11) is 0. The molecule has 114 valence electrons. The van der Waals surface area contributed by atoms with E-state index in [1.807, 2.05) is 59.7 Å². The van der Waals surface area contributed by atoms with Crippen LogP contribution in [0.5, 0.6) is 0 Å². The average Bonchev–Trinajstić information content (AvgIpc) is 2.37. The monoisotopic (exact) mass is 297 g/mol. The van der Waals surface area contributed by atoms with Crippen LogP contribution in [0.4, 0.5) is 0 Å². The Morgan fingerprint density at radius 2 is 1.85 bits per heavy atom. The average molecular weight is 297 g/mol. The number of hydrogen-bond acceptors (Lipinski definition) is 3. The second kappa shape index (κ2) is 6.48. The number of aliphatic hydroxyl groups excluding tert-OH is 1. The Bertz CT molecular complexity index is 440. The summed E-state index contributed by atoms with van der Waals surface area (Å²) < 4.78 is 15.0. The van der Waals surface area contributed by atoms with Gasteiger partial charge in [-0.05, 0) is 38.8 Å². The third kappa shape index (κ3) is 4.48. The Morgan fingerprint density at radius 1 is 1.25 bits per heavy atom. The van der Waals surface area contributed by atoms with Crippen LogP contribution >= 0.6 is 0 Å². The van der Waals surface area contributed by atoms with Crippen LogP contribution in [0.3, 0.4) is 0 Å². The minimum atomic E-state index is -1.10. The number of hydrogen-bond donors (Lipinski definition) is 2. The van der Waals surface area contributed by atoms with Crippen LogP contribution in [0.2, 0.25) is 0 Å². The minimum absolute atomic E-state index is 0.00417. The van der Waals surface area contributed by atoms with Gasteiger partial charge in [-0.15, -0.1) is 4.72 Å². The van der Waals surface area contributed by atoms with Crippen LogP contribution in [0.25, 0.3) is 0 Å². The van der Waals surface area contributed by atoms with Gasteiger partial charge in [0.1, 0.15) is 4.75 Å². The summed E-state index contributed by atoms with van der Waals surface area (Å²) in [6.45, 7) is 12.0. The van der Waals surface area contributed by atoms with Gasteiger partial charge in [-0.1, -0.05) is 38.1 Å². The van der Waals surface area contributed by atoms with E-state index in [4.69, 9.17) is 0 Å². The molecular formula is C16H27NO2S. The van der Waals surface area contributed by atoms with E-state index in [1.165, 1.54) is 0 Å². The van der Waals surface area contributed by atoms with Crippen LogP contribution < -0.4 is 4.72 Å². The van der Waals surface area contributed by atoms with Crippen LogP contribution in [0.1, 0.15) is 58.7 Å². The lowest BCUT2D eigenvalue weighted by molar-refractivity contribution is 0.218. The molecule has 1 aromatic carbocycles. The number of nitrogens with one attached hydrogen (secondary N) is 1. The summed E-state index contributed by atoms with van der Waals surface area (Å²) in [6.07, 6.45) is 0. The first-order valence-corrected chi connectivity index (χ1v) is 8.12. The molecule has 3 nitrogen and oxygen atoms in total. The lowest BCUT2D eigenvalue weighted by Gasteiger charge is -2.28. The maximum atomic E-state index is 12.1. The zero-order valence-corrected chi connectivity index (χ0v) is 14.2. The van der Waals surface area contributed by atoms with Crippen LogP contribution in [0.15, 0.2) is 24.3 Å². The lowest BCUT2D eigenvalue weighted by Crippen LogP contribution is -2.40. The van der Waals surface area contributed by atoms with Gasteiger partial charge in [0.05, 0.1) is 12.6 Å². The highest BCUT2D eigenvalue weighted by molar-refractivity contribution is 7.90. The van der Waals surface area contributed by atoms with Gasteiger partial charge >= 0.3 is 0 Å². The van der Waals surface area contributed by atoms with E-state index in [2.05, 4.69) is 10.8 Å². The summed E-state index contributed by atoms with van der Waals surface area (Å²) in [5.41, 5.74) is 1.91. The molecule has 0 fully saturated rings. The molecule has 1 unspecified atom stereocenters. The van der Waals surface area contributed by atoms with Gasteiger partial charge < -0.3 is 9.66 Å². The van der Waals surface area contributed by atoms with E-state index >= 15 is 0 Å². The van der Waals surface area contributed by atoms with Crippen molar-refractivity contribution in [2.75, 3.05) is 6.61 Å². The Balaban J connectivity index is 2.90. The highest BCUT2D eigenvalue weighted by atomic mass is 32.2. The molecule has 20 heavy (non-hydrogen) atoms. The van der Waals surface area contributed by atoms with E-state index in [-0.39, 0.29) is 22.8 Å². The zero-order valence-electron chi connectivity index (χ0n) is 13.4. The summed E-state index contributed by atoms with van der Waals surface area (Å²) in [5, 5.41) is 9.46. The molecule has 0 aliphatic carbocycles. The molecule has 0 aromatic heterocycles. The molecular weight excluding hydrogens is 270 g/mol. The first kappa shape index (κ1) is 17.5. The minimum Gasteiger partial charge on any atom is -0.598 e. The van der Waals surface area contributed by atoms with E-state index in [1.54, 1.807) is 0 Å². The molecule has 2 atom stereocenters. The SMILES string of the molecule is C[C@H](N[S+]([O-])C(C)(C)C)c1cccc(C(C)(C)CO)c1. The number of aliphatic hydroxyl groups is 1. The molecule has 0 saturated carbocycles. The highest BCUT2D eigenvalue weighted by Gasteiger charge is 2.28. The third-order valence-corrected chi connectivity index (χ3v) is 5.08. The Hall–Kier alpha value is -0.550. The summed E-state index contributed by atoms with van der Waals surface area (Å²) >= 11 is -1.10. The Morgan fingerprint density at radius 3 is 2.35 bits per heavy atom. The Kier molecular flexibility index (Phi) is 5.67. The van der Waals surface area contributed by atoms with Crippen molar-refractivity contribution in [3.05, 3.63) is 35.4 Å². The predicted molar refractivity (Wildman–Crippen MR) is 86.0 cm³/mol.